The van der Waals surface area contributed by atoms with E-state index in [9.17, 15) is 9.59 Å². The van der Waals surface area contributed by atoms with Gasteiger partial charge in [0.1, 0.15) is 0 Å². The Morgan fingerprint density at radius 3 is 2.83 bits per heavy atom. The number of thiazole rings is 1. The molecule has 0 saturated carbocycles. The van der Waals surface area contributed by atoms with Crippen molar-refractivity contribution in [2.75, 3.05) is 11.9 Å². The van der Waals surface area contributed by atoms with Crippen LogP contribution in [0, 0.1) is 0 Å². The van der Waals surface area contributed by atoms with Gasteiger partial charge in [0.2, 0.25) is 11.8 Å². The van der Waals surface area contributed by atoms with E-state index < -0.39 is 0 Å². The molecule has 126 valence electrons. The van der Waals surface area contributed by atoms with Crippen LogP contribution < -0.4 is 10.6 Å². The quantitative estimate of drug-likeness (QED) is 0.877. The number of nitrogens with zero attached hydrogens (tertiary/aromatic N) is 1. The number of hydrogen-bond acceptors (Lipinski definition) is 4. The summed E-state index contributed by atoms with van der Waals surface area (Å²) in [5, 5.41) is 6.13. The van der Waals surface area contributed by atoms with Crippen LogP contribution in [0.1, 0.15) is 41.8 Å². The molecule has 1 heterocycles. The van der Waals surface area contributed by atoms with Gasteiger partial charge in [0.05, 0.1) is 5.69 Å². The van der Waals surface area contributed by atoms with Crippen LogP contribution in [-0.4, -0.2) is 23.3 Å². The molecule has 24 heavy (non-hydrogen) atoms. The first-order chi connectivity index (χ1) is 11.6. The number of hydrogen-bond donors (Lipinski definition) is 2. The van der Waals surface area contributed by atoms with E-state index in [1.54, 1.807) is 11.3 Å². The number of carbonyl (C=O) groups excluding carboxylic acids is 2. The number of nitrogens with one attached hydrogen (secondary N) is 2. The van der Waals surface area contributed by atoms with E-state index in [-0.39, 0.29) is 18.2 Å². The highest BCUT2D eigenvalue weighted by molar-refractivity contribution is 7.15. The van der Waals surface area contributed by atoms with Crippen molar-refractivity contribution in [1.29, 1.82) is 0 Å². The predicted octanol–water partition coefficient (Wildman–Crippen LogP) is 2.88. The molecule has 0 saturated heterocycles. The normalized spacial score (nSPS) is 16.3. The van der Waals surface area contributed by atoms with Crippen molar-refractivity contribution in [2.45, 2.75) is 38.5 Å². The average Bonchev–Trinajstić information content (AvgIpc) is 2.96. The number of carbonyl (C=O) groups is 2. The van der Waals surface area contributed by atoms with Crippen LogP contribution in [0.3, 0.4) is 0 Å². The van der Waals surface area contributed by atoms with Crippen molar-refractivity contribution in [3.63, 3.8) is 0 Å². The van der Waals surface area contributed by atoms with E-state index in [0.717, 1.165) is 25.0 Å². The summed E-state index contributed by atoms with van der Waals surface area (Å²) in [6.45, 7) is 1.79. The van der Waals surface area contributed by atoms with Gasteiger partial charge in [-0.15, -0.1) is 11.3 Å². The Hall–Kier alpha value is -2.21. The van der Waals surface area contributed by atoms with Crippen LogP contribution in [0.5, 0.6) is 0 Å². The largest absolute Gasteiger partial charge is 0.356 e. The van der Waals surface area contributed by atoms with Gasteiger partial charge in [-0.1, -0.05) is 30.3 Å². The molecular weight excluding hydrogens is 322 g/mol. The molecule has 6 heteroatoms. The minimum Gasteiger partial charge on any atom is -0.356 e. The summed E-state index contributed by atoms with van der Waals surface area (Å²) in [4.78, 5) is 28.5. The standard InChI is InChI=1S/C18H21N3O2S/c1-12(22)19-10-9-17(23)21-18-20-15-8-7-14(11-16(15)24-18)13-5-3-2-4-6-13/h2-6,14H,7-11H2,1H3,(H,19,22)(H,20,21,23). The van der Waals surface area contributed by atoms with Gasteiger partial charge in [0.15, 0.2) is 5.13 Å². The van der Waals surface area contributed by atoms with E-state index >= 15 is 0 Å². The van der Waals surface area contributed by atoms with Crippen molar-refractivity contribution in [3.8, 4) is 0 Å². The summed E-state index contributed by atoms with van der Waals surface area (Å²) >= 11 is 1.57. The van der Waals surface area contributed by atoms with E-state index in [4.69, 9.17) is 0 Å². The summed E-state index contributed by atoms with van der Waals surface area (Å²) < 4.78 is 0. The SMILES string of the molecule is CC(=O)NCCC(=O)Nc1nc2c(s1)CC(c1ccccc1)CC2. The molecule has 3 rings (SSSR count). The Labute approximate surface area is 145 Å². The van der Waals surface area contributed by atoms with Crippen molar-refractivity contribution in [2.24, 2.45) is 0 Å². The molecule has 0 spiro atoms. The Kier molecular flexibility index (Phi) is 5.25. The second-order valence-corrected chi connectivity index (χ2v) is 7.10. The fourth-order valence-electron chi connectivity index (χ4n) is 2.97. The Balaban J connectivity index is 1.59. The lowest BCUT2D eigenvalue weighted by molar-refractivity contribution is -0.119. The van der Waals surface area contributed by atoms with Crippen LogP contribution in [-0.2, 0) is 22.4 Å². The zero-order chi connectivity index (χ0) is 16.9. The first-order valence-corrected chi connectivity index (χ1v) is 9.01. The molecule has 1 aliphatic carbocycles. The molecule has 2 N–H and O–H groups in total. The van der Waals surface area contributed by atoms with E-state index in [2.05, 4.69) is 39.9 Å². The molecule has 0 fully saturated rings. The van der Waals surface area contributed by atoms with Crippen molar-refractivity contribution >= 4 is 28.3 Å². The van der Waals surface area contributed by atoms with Crippen molar-refractivity contribution < 1.29 is 9.59 Å². The van der Waals surface area contributed by atoms with Gasteiger partial charge < -0.3 is 10.6 Å². The Bertz CT molecular complexity index is 727. The third-order valence-electron chi connectivity index (χ3n) is 4.18. The lowest BCUT2D eigenvalue weighted by Crippen LogP contribution is -2.25. The van der Waals surface area contributed by atoms with E-state index in [0.29, 0.717) is 17.6 Å². The minimum absolute atomic E-state index is 0.116. The molecule has 1 atom stereocenters. The highest BCUT2D eigenvalue weighted by Gasteiger charge is 2.24. The number of aryl methyl sites for hydroxylation is 1. The lowest BCUT2D eigenvalue weighted by atomic mass is 9.85. The summed E-state index contributed by atoms with van der Waals surface area (Å²) in [5.41, 5.74) is 2.49. The number of benzene rings is 1. The summed E-state index contributed by atoms with van der Waals surface area (Å²) in [7, 11) is 0. The van der Waals surface area contributed by atoms with Crippen LogP contribution >= 0.6 is 11.3 Å². The van der Waals surface area contributed by atoms with Crippen LogP contribution in [0.4, 0.5) is 5.13 Å². The second-order valence-electron chi connectivity index (χ2n) is 6.02. The fourth-order valence-corrected chi connectivity index (χ4v) is 4.08. The third-order valence-corrected chi connectivity index (χ3v) is 5.22. The molecule has 0 radical (unpaired) electrons. The number of fused-ring (bicyclic) bond motifs is 1. The van der Waals surface area contributed by atoms with Crippen molar-refractivity contribution in [1.82, 2.24) is 10.3 Å². The molecule has 0 bridgehead atoms. The summed E-state index contributed by atoms with van der Waals surface area (Å²) in [5.74, 6) is 0.288. The smallest absolute Gasteiger partial charge is 0.227 e. The van der Waals surface area contributed by atoms with Crippen LogP contribution in [0.15, 0.2) is 30.3 Å². The molecule has 2 amide bonds. The van der Waals surface area contributed by atoms with Gasteiger partial charge in [-0.2, -0.15) is 0 Å². The topological polar surface area (TPSA) is 71.1 Å². The summed E-state index contributed by atoms with van der Waals surface area (Å²) in [6.07, 6.45) is 3.29. The van der Waals surface area contributed by atoms with Gasteiger partial charge in [-0.05, 0) is 30.7 Å². The maximum absolute atomic E-state index is 11.9. The molecule has 2 aromatic rings. The molecule has 1 aromatic carbocycles. The zero-order valence-corrected chi connectivity index (χ0v) is 14.5. The van der Waals surface area contributed by atoms with Crippen LogP contribution in [0.2, 0.25) is 0 Å². The maximum atomic E-state index is 11.9. The first-order valence-electron chi connectivity index (χ1n) is 8.19. The van der Waals surface area contributed by atoms with E-state index in [1.165, 1.54) is 17.4 Å². The Morgan fingerprint density at radius 2 is 2.08 bits per heavy atom. The lowest BCUT2D eigenvalue weighted by Gasteiger charge is -2.21. The van der Waals surface area contributed by atoms with Crippen molar-refractivity contribution in [3.05, 3.63) is 46.5 Å². The third kappa shape index (κ3) is 4.20. The zero-order valence-electron chi connectivity index (χ0n) is 13.7. The van der Waals surface area contributed by atoms with Crippen LogP contribution in [0.25, 0.3) is 0 Å². The Morgan fingerprint density at radius 1 is 1.29 bits per heavy atom. The number of aromatic nitrogens is 1. The second kappa shape index (κ2) is 7.57. The first kappa shape index (κ1) is 16.6. The number of amides is 2. The molecule has 0 aliphatic heterocycles. The molecule has 1 aromatic heterocycles. The average molecular weight is 343 g/mol. The van der Waals surface area contributed by atoms with Gasteiger partial charge in [-0.3, -0.25) is 9.59 Å². The highest BCUT2D eigenvalue weighted by atomic mass is 32.1. The maximum Gasteiger partial charge on any atom is 0.227 e. The number of rotatable bonds is 5. The molecule has 1 aliphatic rings. The number of anilines is 1. The highest BCUT2D eigenvalue weighted by Crippen LogP contribution is 2.36. The van der Waals surface area contributed by atoms with Gasteiger partial charge in [-0.25, -0.2) is 4.98 Å². The summed E-state index contributed by atoms with van der Waals surface area (Å²) in [6, 6.07) is 10.6. The minimum atomic E-state index is -0.125. The van der Waals surface area contributed by atoms with Gasteiger partial charge >= 0.3 is 0 Å². The van der Waals surface area contributed by atoms with E-state index in [1.807, 2.05) is 6.07 Å². The molecule has 1 unspecified atom stereocenters. The predicted molar refractivity (Wildman–Crippen MR) is 95.3 cm³/mol. The molecule has 5 nitrogen and oxygen atoms in total. The van der Waals surface area contributed by atoms with Gasteiger partial charge in [0.25, 0.3) is 0 Å². The fraction of sp³-hybridized carbons (Fsp3) is 0.389. The monoisotopic (exact) mass is 343 g/mol. The molecular formula is C18H21N3O2S. The van der Waals surface area contributed by atoms with Gasteiger partial charge in [0, 0.05) is 24.8 Å².